The van der Waals surface area contributed by atoms with Crippen LogP contribution in [0.5, 0.6) is 0 Å². The van der Waals surface area contributed by atoms with Gasteiger partial charge in [0.05, 0.1) is 0 Å². The van der Waals surface area contributed by atoms with E-state index in [9.17, 15) is 4.79 Å². The minimum atomic E-state index is 0.698. The molecule has 0 atom stereocenters. The normalized spacial score (nSPS) is 12.0. The molecule has 0 saturated carbocycles. The number of rotatable bonds is 11. The summed E-state index contributed by atoms with van der Waals surface area (Å²) in [4.78, 5) is 19.1. The van der Waals surface area contributed by atoms with Crippen molar-refractivity contribution in [2.75, 3.05) is 51.6 Å². The Morgan fingerprint density at radius 3 is 2.44 bits per heavy atom. The molecule has 0 unspecified atom stereocenters. The SMILES string of the molecule is C=C(/C=C/c1ccc(N(C)C)cc1N(C)C)/C=C(\C=C/C)c1cc(C=O)c(CCNC)[nH]1. The van der Waals surface area contributed by atoms with Crippen LogP contribution in [0.4, 0.5) is 11.4 Å². The lowest BCUT2D eigenvalue weighted by Crippen LogP contribution is -2.13. The van der Waals surface area contributed by atoms with Crippen LogP contribution in [0, 0.1) is 0 Å². The van der Waals surface area contributed by atoms with Crippen molar-refractivity contribution in [1.29, 1.82) is 0 Å². The largest absolute Gasteiger partial charge is 0.378 e. The van der Waals surface area contributed by atoms with Gasteiger partial charge < -0.3 is 20.1 Å². The van der Waals surface area contributed by atoms with Crippen LogP contribution in [0.25, 0.3) is 11.6 Å². The zero-order valence-corrected chi connectivity index (χ0v) is 20.2. The third kappa shape index (κ3) is 6.59. The number of aromatic nitrogens is 1. The van der Waals surface area contributed by atoms with Gasteiger partial charge in [-0.15, -0.1) is 0 Å². The Kier molecular flexibility index (Phi) is 9.29. The zero-order valence-electron chi connectivity index (χ0n) is 20.2. The van der Waals surface area contributed by atoms with E-state index in [0.717, 1.165) is 58.7 Å². The van der Waals surface area contributed by atoms with E-state index in [1.54, 1.807) is 0 Å². The molecule has 0 spiro atoms. The molecule has 1 aromatic carbocycles. The second-order valence-electron chi connectivity index (χ2n) is 8.13. The number of likely N-dealkylation sites (N-methyl/N-ethyl adjacent to an activating group) is 1. The minimum absolute atomic E-state index is 0.698. The van der Waals surface area contributed by atoms with Crippen molar-refractivity contribution < 1.29 is 4.79 Å². The molecule has 0 aliphatic heterocycles. The molecule has 32 heavy (non-hydrogen) atoms. The summed E-state index contributed by atoms with van der Waals surface area (Å²) in [6.07, 6.45) is 11.8. The molecule has 1 heterocycles. The van der Waals surface area contributed by atoms with Crippen molar-refractivity contribution in [3.8, 4) is 0 Å². The molecule has 0 amide bonds. The third-order valence-corrected chi connectivity index (χ3v) is 5.17. The molecular formula is C27H36N4O. The van der Waals surface area contributed by atoms with Crippen molar-refractivity contribution >= 4 is 29.3 Å². The van der Waals surface area contributed by atoms with Crippen LogP contribution in [0.3, 0.4) is 0 Å². The lowest BCUT2D eigenvalue weighted by molar-refractivity contribution is 0.112. The minimum Gasteiger partial charge on any atom is -0.378 e. The first-order valence-corrected chi connectivity index (χ1v) is 10.8. The van der Waals surface area contributed by atoms with Crippen LogP contribution in [-0.2, 0) is 6.42 Å². The highest BCUT2D eigenvalue weighted by Gasteiger charge is 2.10. The van der Waals surface area contributed by atoms with Gasteiger partial charge in [-0.2, -0.15) is 0 Å². The van der Waals surface area contributed by atoms with Gasteiger partial charge in [0.15, 0.2) is 6.29 Å². The average molecular weight is 433 g/mol. The number of hydrogen-bond acceptors (Lipinski definition) is 4. The Balaban J connectivity index is 2.33. The maximum Gasteiger partial charge on any atom is 0.151 e. The van der Waals surface area contributed by atoms with Crippen molar-refractivity contribution in [2.45, 2.75) is 13.3 Å². The highest BCUT2D eigenvalue weighted by Crippen LogP contribution is 2.27. The van der Waals surface area contributed by atoms with Gasteiger partial charge in [0.1, 0.15) is 0 Å². The van der Waals surface area contributed by atoms with E-state index in [4.69, 9.17) is 0 Å². The van der Waals surface area contributed by atoms with Crippen LogP contribution >= 0.6 is 0 Å². The number of benzene rings is 1. The molecule has 170 valence electrons. The van der Waals surface area contributed by atoms with Crippen molar-refractivity contribution in [3.63, 3.8) is 0 Å². The standard InChI is InChI=1S/C27H36N4O/c1-8-9-22(26-17-23(19-32)25(29-26)14-15-28-3)16-20(2)10-11-21-12-13-24(30(4)5)18-27(21)31(6)7/h8-13,16-19,28-29H,2,14-15H2,1,3-7H3/b9-8-,11-10+,22-16+. The average Bonchev–Trinajstić information content (AvgIpc) is 3.18. The van der Waals surface area contributed by atoms with E-state index < -0.39 is 0 Å². The molecule has 0 aliphatic rings. The van der Waals surface area contributed by atoms with Crippen molar-refractivity contribution in [2.24, 2.45) is 0 Å². The second-order valence-corrected chi connectivity index (χ2v) is 8.13. The first-order chi connectivity index (χ1) is 15.3. The molecule has 0 fully saturated rings. The lowest BCUT2D eigenvalue weighted by atomic mass is 10.1. The van der Waals surface area contributed by atoms with E-state index in [1.165, 1.54) is 0 Å². The van der Waals surface area contributed by atoms with E-state index in [1.807, 2.05) is 72.5 Å². The fourth-order valence-corrected chi connectivity index (χ4v) is 3.41. The first-order valence-electron chi connectivity index (χ1n) is 10.8. The van der Waals surface area contributed by atoms with Gasteiger partial charge in [-0.05, 0) is 55.0 Å². The fraction of sp³-hybridized carbons (Fsp3) is 0.296. The van der Waals surface area contributed by atoms with Gasteiger partial charge >= 0.3 is 0 Å². The zero-order chi connectivity index (χ0) is 23.7. The maximum absolute atomic E-state index is 11.5. The van der Waals surface area contributed by atoms with Gasteiger partial charge in [-0.3, -0.25) is 4.79 Å². The molecule has 2 rings (SSSR count). The Hall–Kier alpha value is -3.31. The summed E-state index contributed by atoms with van der Waals surface area (Å²) in [5.74, 6) is 0. The number of allylic oxidation sites excluding steroid dienone is 6. The van der Waals surface area contributed by atoms with E-state index in [2.05, 4.69) is 51.0 Å². The van der Waals surface area contributed by atoms with Crippen molar-refractivity contribution in [1.82, 2.24) is 10.3 Å². The molecule has 2 N–H and O–H groups in total. The van der Waals surface area contributed by atoms with E-state index in [0.29, 0.717) is 5.56 Å². The Bertz CT molecular complexity index is 1020. The number of anilines is 2. The molecule has 2 aromatic rings. The quantitative estimate of drug-likeness (QED) is 0.390. The Morgan fingerprint density at radius 1 is 1.09 bits per heavy atom. The monoisotopic (exact) mass is 432 g/mol. The predicted molar refractivity (Wildman–Crippen MR) is 140 cm³/mol. The Morgan fingerprint density at radius 2 is 1.84 bits per heavy atom. The molecule has 0 aliphatic carbocycles. The summed E-state index contributed by atoms with van der Waals surface area (Å²) in [5, 5.41) is 3.12. The smallest absolute Gasteiger partial charge is 0.151 e. The Labute approximate surface area is 192 Å². The van der Waals surface area contributed by atoms with Gasteiger partial charge in [0.2, 0.25) is 0 Å². The number of carbonyl (C=O) groups excluding carboxylic acids is 1. The molecule has 0 bridgehead atoms. The molecule has 0 radical (unpaired) electrons. The summed E-state index contributed by atoms with van der Waals surface area (Å²) >= 11 is 0. The molecule has 1 aromatic heterocycles. The van der Waals surface area contributed by atoms with Gasteiger partial charge in [0, 0.05) is 69.5 Å². The van der Waals surface area contributed by atoms with Crippen LogP contribution in [0.1, 0.15) is 34.2 Å². The number of nitrogens with one attached hydrogen (secondary N) is 2. The number of nitrogens with zero attached hydrogens (tertiary/aromatic N) is 2. The van der Waals surface area contributed by atoms with Crippen LogP contribution < -0.4 is 15.1 Å². The summed E-state index contributed by atoms with van der Waals surface area (Å²) in [6, 6.07) is 8.32. The van der Waals surface area contributed by atoms with Gasteiger partial charge in [0.25, 0.3) is 0 Å². The second kappa shape index (κ2) is 11.9. The highest BCUT2D eigenvalue weighted by atomic mass is 16.1. The number of aldehydes is 1. The highest BCUT2D eigenvalue weighted by molar-refractivity contribution is 5.83. The fourth-order valence-electron chi connectivity index (χ4n) is 3.41. The maximum atomic E-state index is 11.5. The predicted octanol–water partition coefficient (Wildman–Crippen LogP) is 4.95. The number of hydrogen-bond donors (Lipinski definition) is 2. The summed E-state index contributed by atoms with van der Waals surface area (Å²) < 4.78 is 0. The van der Waals surface area contributed by atoms with Crippen LogP contribution in [-0.4, -0.2) is 53.1 Å². The van der Waals surface area contributed by atoms with Gasteiger partial charge in [-0.1, -0.05) is 36.9 Å². The third-order valence-electron chi connectivity index (χ3n) is 5.17. The summed E-state index contributed by atoms with van der Waals surface area (Å²) in [5.41, 5.74) is 7.84. The van der Waals surface area contributed by atoms with Crippen molar-refractivity contribution in [3.05, 3.63) is 83.2 Å². The topological polar surface area (TPSA) is 51.4 Å². The van der Waals surface area contributed by atoms with Gasteiger partial charge in [-0.25, -0.2) is 0 Å². The molecular weight excluding hydrogens is 396 g/mol. The molecule has 5 nitrogen and oxygen atoms in total. The van der Waals surface area contributed by atoms with Crippen LogP contribution in [0.2, 0.25) is 0 Å². The summed E-state index contributed by atoms with van der Waals surface area (Å²) in [6.45, 7) is 7.01. The van der Waals surface area contributed by atoms with Crippen LogP contribution in [0.15, 0.2) is 60.7 Å². The molecule has 5 heteroatoms. The molecule has 0 saturated heterocycles. The number of H-pyrrole nitrogens is 1. The van der Waals surface area contributed by atoms with E-state index >= 15 is 0 Å². The summed E-state index contributed by atoms with van der Waals surface area (Å²) in [7, 11) is 10.1. The number of aromatic amines is 1. The lowest BCUT2D eigenvalue weighted by Gasteiger charge is -2.20. The number of carbonyl (C=O) groups is 1. The van der Waals surface area contributed by atoms with E-state index in [-0.39, 0.29) is 0 Å². The first kappa shape index (κ1) is 25.0.